The minimum atomic E-state index is -0.632. The SMILES string of the molecule is COC(=O)c1cc(NC(=O)c2cc(C)nn2C)cc(C(=O)OC)c1. The lowest BCUT2D eigenvalue weighted by atomic mass is 10.1. The second-order valence-electron chi connectivity index (χ2n) is 5.03. The summed E-state index contributed by atoms with van der Waals surface area (Å²) in [4.78, 5) is 35.8. The van der Waals surface area contributed by atoms with Crippen LogP contribution in [0.2, 0.25) is 0 Å². The number of nitrogens with zero attached hydrogens (tertiary/aromatic N) is 2. The molecule has 0 aliphatic rings. The van der Waals surface area contributed by atoms with Crippen molar-refractivity contribution in [2.24, 2.45) is 7.05 Å². The van der Waals surface area contributed by atoms with E-state index >= 15 is 0 Å². The Balaban J connectivity index is 2.38. The summed E-state index contributed by atoms with van der Waals surface area (Å²) in [6.07, 6.45) is 0. The Morgan fingerprint density at radius 1 is 1.00 bits per heavy atom. The first-order valence-electron chi connectivity index (χ1n) is 6.99. The van der Waals surface area contributed by atoms with Gasteiger partial charge in [0.15, 0.2) is 0 Å². The monoisotopic (exact) mass is 331 g/mol. The van der Waals surface area contributed by atoms with Crippen LogP contribution in [0.4, 0.5) is 5.69 Å². The van der Waals surface area contributed by atoms with E-state index in [0.717, 1.165) is 0 Å². The first-order chi connectivity index (χ1) is 11.3. The summed E-state index contributed by atoms with van der Waals surface area (Å²) in [7, 11) is 4.10. The minimum Gasteiger partial charge on any atom is -0.465 e. The lowest BCUT2D eigenvalue weighted by Crippen LogP contribution is -2.17. The number of ether oxygens (including phenoxy) is 2. The summed E-state index contributed by atoms with van der Waals surface area (Å²) in [5, 5.41) is 6.74. The highest BCUT2D eigenvalue weighted by Gasteiger charge is 2.17. The number of hydrogen-bond acceptors (Lipinski definition) is 6. The van der Waals surface area contributed by atoms with Crippen molar-refractivity contribution in [3.05, 3.63) is 46.8 Å². The Bertz CT molecular complexity index is 776. The van der Waals surface area contributed by atoms with E-state index in [-0.39, 0.29) is 16.8 Å². The number of amides is 1. The van der Waals surface area contributed by atoms with E-state index in [1.807, 2.05) is 0 Å². The third-order valence-electron chi connectivity index (χ3n) is 3.27. The molecule has 24 heavy (non-hydrogen) atoms. The van der Waals surface area contributed by atoms with Crippen LogP contribution in [0.25, 0.3) is 0 Å². The molecule has 1 aromatic heterocycles. The predicted molar refractivity (Wildman–Crippen MR) is 85.0 cm³/mol. The van der Waals surface area contributed by atoms with Gasteiger partial charge in [-0.3, -0.25) is 9.48 Å². The van der Waals surface area contributed by atoms with Gasteiger partial charge in [-0.15, -0.1) is 0 Å². The molecule has 0 unspecified atom stereocenters. The van der Waals surface area contributed by atoms with Gasteiger partial charge in [0.1, 0.15) is 5.69 Å². The number of hydrogen-bond donors (Lipinski definition) is 1. The molecule has 0 spiro atoms. The van der Waals surface area contributed by atoms with Gasteiger partial charge in [-0.05, 0) is 31.2 Å². The molecule has 0 aliphatic heterocycles. The molecule has 1 heterocycles. The van der Waals surface area contributed by atoms with Crippen LogP contribution in [0.15, 0.2) is 24.3 Å². The zero-order chi connectivity index (χ0) is 17.9. The number of methoxy groups -OCH3 is 2. The topological polar surface area (TPSA) is 99.5 Å². The van der Waals surface area contributed by atoms with Gasteiger partial charge in [0.2, 0.25) is 0 Å². The molecule has 8 nitrogen and oxygen atoms in total. The molecule has 1 aromatic carbocycles. The largest absolute Gasteiger partial charge is 0.465 e. The van der Waals surface area contributed by atoms with Gasteiger partial charge in [-0.25, -0.2) is 9.59 Å². The summed E-state index contributed by atoms with van der Waals surface area (Å²) in [6, 6.07) is 5.79. The lowest BCUT2D eigenvalue weighted by molar-refractivity contribution is 0.0599. The van der Waals surface area contributed by atoms with Crippen LogP contribution >= 0.6 is 0 Å². The van der Waals surface area contributed by atoms with E-state index in [1.54, 1.807) is 20.0 Å². The number of esters is 2. The van der Waals surface area contributed by atoms with E-state index in [0.29, 0.717) is 11.4 Å². The van der Waals surface area contributed by atoms with Gasteiger partial charge in [0, 0.05) is 12.7 Å². The fraction of sp³-hybridized carbons (Fsp3) is 0.250. The van der Waals surface area contributed by atoms with Crippen LogP contribution < -0.4 is 5.32 Å². The Morgan fingerprint density at radius 2 is 1.54 bits per heavy atom. The molecular weight excluding hydrogens is 314 g/mol. The van der Waals surface area contributed by atoms with Crippen LogP contribution in [-0.4, -0.2) is 41.8 Å². The highest BCUT2D eigenvalue weighted by Crippen LogP contribution is 2.18. The minimum absolute atomic E-state index is 0.122. The standard InChI is InChI=1S/C16H17N3O5/c1-9-5-13(19(2)18-9)14(20)17-12-7-10(15(21)23-3)6-11(8-12)16(22)24-4/h5-8H,1-4H3,(H,17,20). The first-order valence-corrected chi connectivity index (χ1v) is 6.99. The molecular formula is C16H17N3O5. The number of carbonyl (C=O) groups is 3. The van der Waals surface area contributed by atoms with Crippen molar-refractivity contribution in [1.82, 2.24) is 9.78 Å². The van der Waals surface area contributed by atoms with Crippen molar-refractivity contribution in [3.63, 3.8) is 0 Å². The van der Waals surface area contributed by atoms with Crippen LogP contribution in [0.1, 0.15) is 36.9 Å². The summed E-state index contributed by atoms with van der Waals surface area (Å²) in [5.74, 6) is -1.68. The number of aromatic nitrogens is 2. The fourth-order valence-electron chi connectivity index (χ4n) is 2.19. The molecule has 1 N–H and O–H groups in total. The maximum atomic E-state index is 12.3. The molecule has 0 fully saturated rings. The van der Waals surface area contributed by atoms with Gasteiger partial charge in [-0.2, -0.15) is 5.10 Å². The van der Waals surface area contributed by atoms with Crippen molar-refractivity contribution < 1.29 is 23.9 Å². The number of carbonyl (C=O) groups excluding carboxylic acids is 3. The Kier molecular flexibility index (Phi) is 4.98. The molecule has 126 valence electrons. The third kappa shape index (κ3) is 3.60. The summed E-state index contributed by atoms with van der Waals surface area (Å²) in [5.41, 5.74) is 1.55. The van der Waals surface area contributed by atoms with E-state index < -0.39 is 17.8 Å². The molecule has 0 radical (unpaired) electrons. The molecule has 0 atom stereocenters. The number of anilines is 1. The van der Waals surface area contributed by atoms with Crippen LogP contribution in [0.5, 0.6) is 0 Å². The molecule has 0 bridgehead atoms. The second-order valence-corrected chi connectivity index (χ2v) is 5.03. The smallest absolute Gasteiger partial charge is 0.337 e. The highest BCUT2D eigenvalue weighted by atomic mass is 16.5. The molecule has 0 aliphatic carbocycles. The predicted octanol–water partition coefficient (Wildman–Crippen LogP) is 1.55. The Labute approximate surface area is 138 Å². The third-order valence-corrected chi connectivity index (χ3v) is 3.27. The Hall–Kier alpha value is -3.16. The van der Waals surface area contributed by atoms with E-state index in [2.05, 4.69) is 19.9 Å². The van der Waals surface area contributed by atoms with Crippen molar-refractivity contribution in [1.29, 1.82) is 0 Å². The van der Waals surface area contributed by atoms with Crippen molar-refractivity contribution in [3.8, 4) is 0 Å². The number of aryl methyl sites for hydroxylation is 2. The first kappa shape index (κ1) is 17.2. The zero-order valence-electron chi connectivity index (χ0n) is 13.7. The quantitative estimate of drug-likeness (QED) is 0.853. The van der Waals surface area contributed by atoms with Crippen LogP contribution in [0, 0.1) is 6.92 Å². The molecule has 2 rings (SSSR count). The van der Waals surface area contributed by atoms with E-state index in [1.165, 1.54) is 37.1 Å². The van der Waals surface area contributed by atoms with Gasteiger partial charge in [-0.1, -0.05) is 0 Å². The van der Waals surface area contributed by atoms with Crippen molar-refractivity contribution in [2.45, 2.75) is 6.92 Å². The van der Waals surface area contributed by atoms with Crippen molar-refractivity contribution in [2.75, 3.05) is 19.5 Å². The normalized spacial score (nSPS) is 10.2. The van der Waals surface area contributed by atoms with Gasteiger partial charge in [0.25, 0.3) is 5.91 Å². The summed E-state index contributed by atoms with van der Waals surface area (Å²) >= 11 is 0. The van der Waals surface area contributed by atoms with Crippen molar-refractivity contribution >= 4 is 23.5 Å². The number of rotatable bonds is 4. The Morgan fingerprint density at radius 3 is 1.96 bits per heavy atom. The van der Waals surface area contributed by atoms with E-state index in [4.69, 9.17) is 0 Å². The molecule has 1 amide bonds. The fourth-order valence-corrected chi connectivity index (χ4v) is 2.19. The van der Waals surface area contributed by atoms with Gasteiger partial charge in [0.05, 0.1) is 31.0 Å². The molecule has 2 aromatic rings. The van der Waals surface area contributed by atoms with Gasteiger partial charge < -0.3 is 14.8 Å². The number of nitrogens with one attached hydrogen (secondary N) is 1. The maximum absolute atomic E-state index is 12.3. The average Bonchev–Trinajstić information content (AvgIpc) is 2.91. The summed E-state index contributed by atoms with van der Waals surface area (Å²) in [6.45, 7) is 1.77. The maximum Gasteiger partial charge on any atom is 0.337 e. The second kappa shape index (κ2) is 6.95. The molecule has 0 saturated heterocycles. The van der Waals surface area contributed by atoms with E-state index in [9.17, 15) is 14.4 Å². The van der Waals surface area contributed by atoms with Crippen LogP contribution in [0.3, 0.4) is 0 Å². The summed E-state index contributed by atoms with van der Waals surface area (Å²) < 4.78 is 10.7. The lowest BCUT2D eigenvalue weighted by Gasteiger charge is -2.09. The molecule has 0 saturated carbocycles. The van der Waals surface area contributed by atoms with Gasteiger partial charge >= 0.3 is 11.9 Å². The highest BCUT2D eigenvalue weighted by molar-refractivity contribution is 6.05. The number of benzene rings is 1. The molecule has 8 heteroatoms. The average molecular weight is 331 g/mol. The zero-order valence-corrected chi connectivity index (χ0v) is 13.7. The van der Waals surface area contributed by atoms with Crippen LogP contribution in [-0.2, 0) is 16.5 Å².